The van der Waals surface area contributed by atoms with Gasteiger partial charge in [-0.05, 0) is 64.1 Å². The number of unbranched alkanes of at least 4 members (excludes halogenated alkanes) is 1. The number of nitrogens with zero attached hydrogens (tertiary/aromatic N) is 1. The van der Waals surface area contributed by atoms with Gasteiger partial charge >= 0.3 is 0 Å². The van der Waals surface area contributed by atoms with Crippen LogP contribution < -0.4 is 5.32 Å². The lowest BCUT2D eigenvalue weighted by Gasteiger charge is -2.38. The van der Waals surface area contributed by atoms with E-state index in [4.69, 9.17) is 0 Å². The Morgan fingerprint density at radius 1 is 1.28 bits per heavy atom. The molecule has 1 rings (SSSR count). The third kappa shape index (κ3) is 6.75. The van der Waals surface area contributed by atoms with Gasteiger partial charge in [-0.3, -0.25) is 0 Å². The molecular weight excluding hydrogens is 220 g/mol. The molecule has 108 valence electrons. The highest BCUT2D eigenvalue weighted by Gasteiger charge is 2.25. The summed E-state index contributed by atoms with van der Waals surface area (Å²) in [7, 11) is 0. The molecule has 0 radical (unpaired) electrons. The molecule has 0 spiro atoms. The zero-order valence-corrected chi connectivity index (χ0v) is 13.1. The van der Waals surface area contributed by atoms with Crippen molar-refractivity contribution in [1.29, 1.82) is 0 Å². The summed E-state index contributed by atoms with van der Waals surface area (Å²) in [6.07, 6.45) is 8.11. The first-order valence-electron chi connectivity index (χ1n) is 7.99. The van der Waals surface area contributed by atoms with Crippen LogP contribution in [0, 0.1) is 5.41 Å². The molecule has 1 saturated heterocycles. The largest absolute Gasteiger partial charge is 0.314 e. The number of rotatable bonds is 8. The lowest BCUT2D eigenvalue weighted by atomic mass is 9.84. The lowest BCUT2D eigenvalue weighted by Crippen LogP contribution is -2.40. The van der Waals surface area contributed by atoms with Gasteiger partial charge in [-0.25, -0.2) is 0 Å². The molecule has 1 unspecified atom stereocenters. The predicted molar refractivity (Wildman–Crippen MR) is 81.1 cm³/mol. The highest BCUT2D eigenvalue weighted by atomic mass is 15.1. The first-order chi connectivity index (χ1) is 8.53. The van der Waals surface area contributed by atoms with Gasteiger partial charge in [0.05, 0.1) is 0 Å². The zero-order valence-electron chi connectivity index (χ0n) is 13.1. The third-order valence-electron chi connectivity index (χ3n) is 4.08. The predicted octanol–water partition coefficient (Wildman–Crippen LogP) is 3.67. The quantitative estimate of drug-likeness (QED) is 0.665. The maximum Gasteiger partial charge on any atom is 0.00387 e. The normalized spacial score (nSPS) is 22.0. The highest BCUT2D eigenvalue weighted by molar-refractivity contribution is 4.79. The molecule has 0 bridgehead atoms. The molecule has 1 atom stereocenters. The van der Waals surface area contributed by atoms with Crippen LogP contribution in [0.5, 0.6) is 0 Å². The minimum absolute atomic E-state index is 0.550. The minimum atomic E-state index is 0.550. The number of hydrogen-bond acceptors (Lipinski definition) is 2. The first kappa shape index (κ1) is 16.0. The average molecular weight is 254 g/mol. The third-order valence-corrected chi connectivity index (χ3v) is 4.08. The second-order valence-electron chi connectivity index (χ2n) is 6.89. The fraction of sp³-hybridized carbons (Fsp3) is 1.00. The zero-order chi connectivity index (χ0) is 13.4. The number of likely N-dealkylation sites (tertiary alicyclic amines) is 1. The Labute approximate surface area is 115 Å². The van der Waals surface area contributed by atoms with Gasteiger partial charge in [0.2, 0.25) is 0 Å². The molecule has 1 aliphatic rings. The van der Waals surface area contributed by atoms with Crippen molar-refractivity contribution < 1.29 is 0 Å². The van der Waals surface area contributed by atoms with Crippen LogP contribution in [-0.2, 0) is 0 Å². The van der Waals surface area contributed by atoms with E-state index in [0.29, 0.717) is 11.5 Å². The van der Waals surface area contributed by atoms with Crippen molar-refractivity contribution in [1.82, 2.24) is 10.2 Å². The molecule has 0 saturated carbocycles. The van der Waals surface area contributed by atoms with Crippen molar-refractivity contribution in [2.24, 2.45) is 5.41 Å². The van der Waals surface area contributed by atoms with E-state index in [1.165, 1.54) is 64.7 Å². The summed E-state index contributed by atoms with van der Waals surface area (Å²) in [6, 6.07) is 0.697. The summed E-state index contributed by atoms with van der Waals surface area (Å²) in [6.45, 7) is 14.5. The van der Waals surface area contributed by atoms with Crippen molar-refractivity contribution >= 4 is 0 Å². The Kier molecular flexibility index (Phi) is 7.25. The molecule has 1 fully saturated rings. The van der Waals surface area contributed by atoms with E-state index in [2.05, 4.69) is 37.9 Å². The summed E-state index contributed by atoms with van der Waals surface area (Å²) in [4.78, 5) is 2.67. The van der Waals surface area contributed by atoms with Gasteiger partial charge in [-0.2, -0.15) is 0 Å². The van der Waals surface area contributed by atoms with Crippen molar-refractivity contribution in [3.8, 4) is 0 Å². The summed E-state index contributed by atoms with van der Waals surface area (Å²) in [5.41, 5.74) is 0.550. The average Bonchev–Trinajstić information content (AvgIpc) is 2.31. The fourth-order valence-corrected chi connectivity index (χ4v) is 3.01. The summed E-state index contributed by atoms with van der Waals surface area (Å²) in [5.74, 6) is 0. The molecule has 2 heteroatoms. The maximum atomic E-state index is 3.57. The number of piperidine rings is 1. The van der Waals surface area contributed by atoms with Crippen LogP contribution in [0.4, 0.5) is 0 Å². The van der Waals surface area contributed by atoms with Gasteiger partial charge in [-0.1, -0.05) is 27.2 Å². The van der Waals surface area contributed by atoms with Gasteiger partial charge in [-0.15, -0.1) is 0 Å². The van der Waals surface area contributed by atoms with E-state index in [9.17, 15) is 0 Å². The molecule has 1 N–H and O–H groups in total. The van der Waals surface area contributed by atoms with Crippen LogP contribution in [-0.4, -0.2) is 37.1 Å². The molecule has 0 aromatic heterocycles. The number of nitrogens with one attached hydrogen (secondary N) is 1. The van der Waals surface area contributed by atoms with Crippen LogP contribution in [0.1, 0.15) is 66.2 Å². The van der Waals surface area contributed by atoms with E-state index in [1.807, 2.05) is 0 Å². The summed E-state index contributed by atoms with van der Waals surface area (Å²) < 4.78 is 0. The molecule has 2 nitrogen and oxygen atoms in total. The number of hydrogen-bond donors (Lipinski definition) is 1. The van der Waals surface area contributed by atoms with E-state index in [-0.39, 0.29) is 0 Å². The van der Waals surface area contributed by atoms with Gasteiger partial charge < -0.3 is 10.2 Å². The molecular formula is C16H34N2. The smallest absolute Gasteiger partial charge is 0.00387 e. The van der Waals surface area contributed by atoms with E-state index in [0.717, 1.165) is 0 Å². The Morgan fingerprint density at radius 3 is 2.72 bits per heavy atom. The Bertz CT molecular complexity index is 213. The Hall–Kier alpha value is -0.0800. The summed E-state index contributed by atoms with van der Waals surface area (Å²) in [5, 5.41) is 3.57. The Balaban J connectivity index is 2.03. The molecule has 0 aromatic rings. The van der Waals surface area contributed by atoms with Gasteiger partial charge in [0, 0.05) is 12.6 Å². The van der Waals surface area contributed by atoms with Crippen LogP contribution in [0.3, 0.4) is 0 Å². The van der Waals surface area contributed by atoms with E-state index >= 15 is 0 Å². The molecule has 1 aliphatic heterocycles. The maximum absolute atomic E-state index is 3.57. The van der Waals surface area contributed by atoms with Crippen molar-refractivity contribution in [3.63, 3.8) is 0 Å². The molecule has 0 aliphatic carbocycles. The van der Waals surface area contributed by atoms with Crippen molar-refractivity contribution in [2.75, 3.05) is 26.2 Å². The van der Waals surface area contributed by atoms with Crippen molar-refractivity contribution in [2.45, 2.75) is 72.3 Å². The van der Waals surface area contributed by atoms with Crippen molar-refractivity contribution in [3.05, 3.63) is 0 Å². The topological polar surface area (TPSA) is 15.3 Å². The van der Waals surface area contributed by atoms with Gasteiger partial charge in [0.15, 0.2) is 0 Å². The molecule has 0 amide bonds. The Morgan fingerprint density at radius 2 is 2.06 bits per heavy atom. The minimum Gasteiger partial charge on any atom is -0.314 e. The lowest BCUT2D eigenvalue weighted by molar-refractivity contribution is 0.116. The summed E-state index contributed by atoms with van der Waals surface area (Å²) >= 11 is 0. The SMILES string of the molecule is CCCNC(C)CCCCN1CCCC(C)(C)C1. The van der Waals surface area contributed by atoms with Crippen LogP contribution in [0.2, 0.25) is 0 Å². The monoisotopic (exact) mass is 254 g/mol. The van der Waals surface area contributed by atoms with Crippen LogP contribution in [0.15, 0.2) is 0 Å². The second kappa shape index (κ2) is 8.16. The fourth-order valence-electron chi connectivity index (χ4n) is 3.01. The molecule has 1 heterocycles. The van der Waals surface area contributed by atoms with Gasteiger partial charge in [0.1, 0.15) is 0 Å². The molecule has 0 aromatic carbocycles. The molecule has 18 heavy (non-hydrogen) atoms. The first-order valence-corrected chi connectivity index (χ1v) is 7.99. The van der Waals surface area contributed by atoms with E-state index < -0.39 is 0 Å². The standard InChI is InChI=1S/C16H34N2/c1-5-11-17-15(2)9-6-7-12-18-13-8-10-16(3,4)14-18/h15,17H,5-14H2,1-4H3. The van der Waals surface area contributed by atoms with E-state index in [1.54, 1.807) is 0 Å². The van der Waals surface area contributed by atoms with Gasteiger partial charge in [0.25, 0.3) is 0 Å². The van der Waals surface area contributed by atoms with Crippen LogP contribution in [0.25, 0.3) is 0 Å². The second-order valence-corrected chi connectivity index (χ2v) is 6.89. The highest BCUT2D eigenvalue weighted by Crippen LogP contribution is 2.28. The van der Waals surface area contributed by atoms with Crippen LogP contribution >= 0.6 is 0 Å².